The minimum absolute atomic E-state index is 0.201. The van der Waals surface area contributed by atoms with Crippen molar-refractivity contribution in [3.05, 3.63) is 24.0 Å². The highest BCUT2D eigenvalue weighted by atomic mass is 16.2. The normalized spacial score (nSPS) is 18.2. The first-order chi connectivity index (χ1) is 9.19. The van der Waals surface area contributed by atoms with Gasteiger partial charge in [0.05, 0.1) is 11.9 Å². The lowest BCUT2D eigenvalue weighted by Gasteiger charge is -2.22. The maximum atomic E-state index is 11.5. The van der Waals surface area contributed by atoms with Gasteiger partial charge in [0.15, 0.2) is 0 Å². The summed E-state index contributed by atoms with van der Waals surface area (Å²) in [4.78, 5) is 26.7. The van der Waals surface area contributed by atoms with Crippen LogP contribution in [0.4, 0.5) is 5.69 Å². The summed E-state index contributed by atoms with van der Waals surface area (Å²) in [6, 6.07) is 3.48. The van der Waals surface area contributed by atoms with Gasteiger partial charge in [-0.2, -0.15) is 0 Å². The summed E-state index contributed by atoms with van der Waals surface area (Å²) in [5.74, 6) is -0.465. The second-order valence-corrected chi connectivity index (χ2v) is 4.04. The van der Waals surface area contributed by atoms with Gasteiger partial charge < -0.3 is 5.32 Å². The first-order valence-electron chi connectivity index (χ1n) is 6.74. The van der Waals surface area contributed by atoms with E-state index >= 15 is 0 Å². The molecule has 104 valence electrons. The van der Waals surface area contributed by atoms with Crippen LogP contribution < -0.4 is 10.6 Å². The van der Waals surface area contributed by atoms with Crippen LogP contribution >= 0.6 is 0 Å². The molecular weight excluding hydrogens is 242 g/mol. The Morgan fingerprint density at radius 1 is 1.37 bits per heavy atom. The number of hydrogen-bond donors (Lipinski definition) is 2. The SMILES string of the molecule is CC.CCc1ccc(NC2CCC(=O)NC2=O)cn1. The molecule has 1 unspecified atom stereocenters. The highest BCUT2D eigenvalue weighted by Gasteiger charge is 2.26. The Labute approximate surface area is 113 Å². The van der Waals surface area contributed by atoms with Gasteiger partial charge in [-0.05, 0) is 25.0 Å². The number of carbonyl (C=O) groups is 2. The standard InChI is InChI=1S/C12H15N3O2.C2H6/c1-2-8-3-4-9(7-13-8)14-10-5-6-11(16)15-12(10)17;1-2/h3-4,7,10,14H,2,5-6H2,1H3,(H,15,16,17);1-2H3. The molecule has 1 atom stereocenters. The van der Waals surface area contributed by atoms with Crippen LogP contribution in [0, 0.1) is 0 Å². The van der Waals surface area contributed by atoms with Crippen LogP contribution in [0.2, 0.25) is 0 Å². The molecule has 5 nitrogen and oxygen atoms in total. The highest BCUT2D eigenvalue weighted by molar-refractivity contribution is 6.01. The van der Waals surface area contributed by atoms with Crippen LogP contribution in [-0.2, 0) is 16.0 Å². The predicted molar refractivity (Wildman–Crippen MR) is 74.8 cm³/mol. The number of rotatable bonds is 3. The zero-order valence-corrected chi connectivity index (χ0v) is 11.7. The summed E-state index contributed by atoms with van der Waals surface area (Å²) in [6.45, 7) is 6.04. The summed E-state index contributed by atoms with van der Waals surface area (Å²) in [7, 11) is 0. The van der Waals surface area contributed by atoms with Crippen molar-refractivity contribution < 1.29 is 9.59 Å². The molecular formula is C14H21N3O2. The summed E-state index contributed by atoms with van der Waals surface area (Å²) in [5.41, 5.74) is 1.82. The largest absolute Gasteiger partial charge is 0.372 e. The van der Waals surface area contributed by atoms with Crippen LogP contribution in [0.25, 0.3) is 0 Å². The fourth-order valence-corrected chi connectivity index (χ4v) is 1.75. The minimum Gasteiger partial charge on any atom is -0.372 e. The molecule has 1 aliphatic rings. The second kappa shape index (κ2) is 7.51. The molecule has 2 rings (SSSR count). The maximum absolute atomic E-state index is 11.5. The van der Waals surface area contributed by atoms with E-state index in [1.165, 1.54) is 0 Å². The number of carbonyl (C=O) groups excluding carboxylic acids is 2. The molecule has 19 heavy (non-hydrogen) atoms. The molecule has 2 N–H and O–H groups in total. The topological polar surface area (TPSA) is 71.1 Å². The molecule has 2 heterocycles. The smallest absolute Gasteiger partial charge is 0.249 e. The van der Waals surface area contributed by atoms with E-state index < -0.39 is 0 Å². The third-order valence-electron chi connectivity index (χ3n) is 2.77. The van der Waals surface area contributed by atoms with Gasteiger partial charge in [0.25, 0.3) is 0 Å². The van der Waals surface area contributed by atoms with Gasteiger partial charge in [0.2, 0.25) is 11.8 Å². The number of anilines is 1. The van der Waals surface area contributed by atoms with Crippen molar-refractivity contribution in [1.29, 1.82) is 0 Å². The number of hydrogen-bond acceptors (Lipinski definition) is 4. The number of piperidine rings is 1. The Balaban J connectivity index is 0.000000861. The van der Waals surface area contributed by atoms with Gasteiger partial charge in [-0.15, -0.1) is 0 Å². The average molecular weight is 263 g/mol. The van der Waals surface area contributed by atoms with Crippen LogP contribution in [0.15, 0.2) is 18.3 Å². The first-order valence-corrected chi connectivity index (χ1v) is 6.74. The quantitative estimate of drug-likeness (QED) is 0.817. The van der Waals surface area contributed by atoms with Gasteiger partial charge in [-0.25, -0.2) is 0 Å². The van der Waals surface area contributed by atoms with Gasteiger partial charge >= 0.3 is 0 Å². The van der Waals surface area contributed by atoms with E-state index in [1.54, 1.807) is 6.20 Å². The van der Waals surface area contributed by atoms with Crippen LogP contribution in [-0.4, -0.2) is 22.8 Å². The number of pyridine rings is 1. The first kappa shape index (κ1) is 15.1. The lowest BCUT2D eigenvalue weighted by Crippen LogP contribution is -2.47. The van der Waals surface area contributed by atoms with Crippen molar-refractivity contribution >= 4 is 17.5 Å². The Morgan fingerprint density at radius 3 is 2.63 bits per heavy atom. The number of amides is 2. The predicted octanol–water partition coefficient (Wildman–Crippen LogP) is 1.89. The average Bonchev–Trinajstić information content (AvgIpc) is 2.45. The van der Waals surface area contributed by atoms with E-state index in [-0.39, 0.29) is 17.9 Å². The number of aromatic nitrogens is 1. The van der Waals surface area contributed by atoms with Crippen molar-refractivity contribution in [3.63, 3.8) is 0 Å². The van der Waals surface area contributed by atoms with Crippen LogP contribution in [0.1, 0.15) is 39.3 Å². The number of nitrogens with one attached hydrogen (secondary N) is 2. The second-order valence-electron chi connectivity index (χ2n) is 4.04. The molecule has 0 aliphatic carbocycles. The Hall–Kier alpha value is -1.91. The summed E-state index contributed by atoms with van der Waals surface area (Å²) >= 11 is 0. The zero-order chi connectivity index (χ0) is 14.3. The molecule has 0 spiro atoms. The number of imide groups is 1. The molecule has 1 saturated heterocycles. The third kappa shape index (κ3) is 4.35. The van der Waals surface area contributed by atoms with Gasteiger partial charge in [0, 0.05) is 12.1 Å². The van der Waals surface area contributed by atoms with Crippen molar-refractivity contribution in [2.75, 3.05) is 5.32 Å². The molecule has 0 aromatic carbocycles. The molecule has 0 saturated carbocycles. The molecule has 0 radical (unpaired) electrons. The van der Waals surface area contributed by atoms with E-state index in [0.717, 1.165) is 17.8 Å². The van der Waals surface area contributed by atoms with Gasteiger partial charge in [0.1, 0.15) is 6.04 Å². The van der Waals surface area contributed by atoms with Crippen molar-refractivity contribution in [3.8, 4) is 0 Å². The lowest BCUT2D eigenvalue weighted by molar-refractivity contribution is -0.133. The molecule has 1 aliphatic heterocycles. The molecule has 2 amide bonds. The minimum atomic E-state index is -0.345. The summed E-state index contributed by atoms with van der Waals surface area (Å²) in [6.07, 6.45) is 3.51. The summed E-state index contributed by atoms with van der Waals surface area (Å²) < 4.78 is 0. The zero-order valence-electron chi connectivity index (χ0n) is 11.7. The maximum Gasteiger partial charge on any atom is 0.249 e. The van der Waals surface area contributed by atoms with Crippen LogP contribution in [0.5, 0.6) is 0 Å². The molecule has 5 heteroatoms. The third-order valence-corrected chi connectivity index (χ3v) is 2.77. The van der Waals surface area contributed by atoms with E-state index in [4.69, 9.17) is 0 Å². The molecule has 1 fully saturated rings. The summed E-state index contributed by atoms with van der Waals surface area (Å²) in [5, 5.41) is 5.39. The lowest BCUT2D eigenvalue weighted by atomic mass is 10.1. The monoisotopic (exact) mass is 263 g/mol. The van der Waals surface area contributed by atoms with E-state index in [9.17, 15) is 9.59 Å². The molecule has 1 aromatic heterocycles. The van der Waals surface area contributed by atoms with Crippen molar-refractivity contribution in [2.45, 2.75) is 46.1 Å². The fraction of sp³-hybridized carbons (Fsp3) is 0.500. The fourth-order valence-electron chi connectivity index (χ4n) is 1.75. The number of aryl methyl sites for hydroxylation is 1. The van der Waals surface area contributed by atoms with Gasteiger partial charge in [-0.3, -0.25) is 19.9 Å². The molecule has 1 aromatic rings. The van der Waals surface area contributed by atoms with E-state index in [2.05, 4.69) is 15.6 Å². The van der Waals surface area contributed by atoms with Crippen molar-refractivity contribution in [2.24, 2.45) is 0 Å². The Morgan fingerprint density at radius 2 is 2.11 bits per heavy atom. The Bertz CT molecular complexity index is 429. The number of nitrogens with zero attached hydrogens (tertiary/aromatic N) is 1. The van der Waals surface area contributed by atoms with Gasteiger partial charge in [-0.1, -0.05) is 20.8 Å². The Kier molecular flexibility index (Phi) is 5.99. The van der Waals surface area contributed by atoms with Crippen LogP contribution in [0.3, 0.4) is 0 Å². The van der Waals surface area contributed by atoms with E-state index in [1.807, 2.05) is 32.9 Å². The molecule has 0 bridgehead atoms. The highest BCUT2D eigenvalue weighted by Crippen LogP contribution is 2.13. The van der Waals surface area contributed by atoms with Crippen molar-refractivity contribution in [1.82, 2.24) is 10.3 Å². The van der Waals surface area contributed by atoms with E-state index in [0.29, 0.717) is 12.8 Å².